The number of hydrogen-bond donors (Lipinski definition) is 1. The summed E-state index contributed by atoms with van der Waals surface area (Å²) >= 11 is 8.50. The standard InChI is InChI=1S/C14H19ClIN/c1-10-3-2-4-11(7-10)9-17-14-8-12(16)5-6-13(14)15/h5-6,8,10-11,17H,2-4,7,9H2,1H3. The van der Waals surface area contributed by atoms with Crippen LogP contribution in [-0.2, 0) is 0 Å². The quantitative estimate of drug-likeness (QED) is 0.729. The Balaban J connectivity index is 1.90. The molecule has 1 saturated carbocycles. The van der Waals surface area contributed by atoms with Crippen LogP contribution in [0.2, 0.25) is 5.02 Å². The van der Waals surface area contributed by atoms with E-state index in [1.54, 1.807) is 0 Å². The zero-order valence-corrected chi connectivity index (χ0v) is 13.1. The summed E-state index contributed by atoms with van der Waals surface area (Å²) in [6.07, 6.45) is 5.50. The molecule has 0 radical (unpaired) electrons. The van der Waals surface area contributed by atoms with Gasteiger partial charge in [0.2, 0.25) is 0 Å². The molecule has 17 heavy (non-hydrogen) atoms. The van der Waals surface area contributed by atoms with Crippen molar-refractivity contribution in [2.45, 2.75) is 32.6 Å². The van der Waals surface area contributed by atoms with Gasteiger partial charge in [0.05, 0.1) is 10.7 Å². The van der Waals surface area contributed by atoms with E-state index in [0.29, 0.717) is 0 Å². The smallest absolute Gasteiger partial charge is 0.0638 e. The van der Waals surface area contributed by atoms with Crippen molar-refractivity contribution >= 4 is 39.9 Å². The van der Waals surface area contributed by atoms with Gasteiger partial charge in [-0.05, 0) is 65.5 Å². The normalized spacial score (nSPS) is 24.6. The Morgan fingerprint density at radius 3 is 3.00 bits per heavy atom. The lowest BCUT2D eigenvalue weighted by atomic mass is 9.82. The van der Waals surface area contributed by atoms with E-state index >= 15 is 0 Å². The molecule has 94 valence electrons. The van der Waals surface area contributed by atoms with Crippen LogP contribution in [0.3, 0.4) is 0 Å². The maximum atomic E-state index is 6.18. The van der Waals surface area contributed by atoms with Crippen LogP contribution in [0.1, 0.15) is 32.6 Å². The highest BCUT2D eigenvalue weighted by Crippen LogP contribution is 2.30. The summed E-state index contributed by atoms with van der Waals surface area (Å²) in [5.41, 5.74) is 1.08. The monoisotopic (exact) mass is 363 g/mol. The van der Waals surface area contributed by atoms with E-state index in [9.17, 15) is 0 Å². The van der Waals surface area contributed by atoms with Crippen molar-refractivity contribution in [1.82, 2.24) is 0 Å². The maximum Gasteiger partial charge on any atom is 0.0638 e. The summed E-state index contributed by atoms with van der Waals surface area (Å²) in [7, 11) is 0. The molecule has 0 heterocycles. The zero-order chi connectivity index (χ0) is 12.3. The summed E-state index contributed by atoms with van der Waals surface area (Å²) in [5, 5.41) is 4.34. The fourth-order valence-electron chi connectivity index (χ4n) is 2.63. The molecule has 2 rings (SSSR count). The molecule has 1 fully saturated rings. The fraction of sp³-hybridized carbons (Fsp3) is 0.571. The molecule has 1 aliphatic carbocycles. The van der Waals surface area contributed by atoms with Crippen LogP contribution in [-0.4, -0.2) is 6.54 Å². The Morgan fingerprint density at radius 2 is 2.24 bits per heavy atom. The van der Waals surface area contributed by atoms with Crippen molar-refractivity contribution in [2.24, 2.45) is 11.8 Å². The van der Waals surface area contributed by atoms with Gasteiger partial charge in [-0.2, -0.15) is 0 Å². The molecule has 2 unspecified atom stereocenters. The number of benzene rings is 1. The highest BCUT2D eigenvalue weighted by Gasteiger charge is 2.18. The lowest BCUT2D eigenvalue weighted by Crippen LogP contribution is -2.21. The highest BCUT2D eigenvalue weighted by molar-refractivity contribution is 14.1. The highest BCUT2D eigenvalue weighted by atomic mass is 127. The number of hydrogen-bond acceptors (Lipinski definition) is 1. The Hall–Kier alpha value is 0.0400. The van der Waals surface area contributed by atoms with E-state index in [2.05, 4.69) is 40.9 Å². The molecule has 0 aromatic heterocycles. The van der Waals surface area contributed by atoms with Crippen molar-refractivity contribution < 1.29 is 0 Å². The lowest BCUT2D eigenvalue weighted by Gasteiger charge is -2.27. The average Bonchev–Trinajstić information content (AvgIpc) is 2.30. The van der Waals surface area contributed by atoms with Crippen LogP contribution in [0.15, 0.2) is 18.2 Å². The number of anilines is 1. The Morgan fingerprint density at radius 1 is 1.41 bits per heavy atom. The third kappa shape index (κ3) is 4.02. The largest absolute Gasteiger partial charge is 0.384 e. The minimum atomic E-state index is 0.813. The van der Waals surface area contributed by atoms with Crippen molar-refractivity contribution in [2.75, 3.05) is 11.9 Å². The molecule has 0 aliphatic heterocycles. The molecular formula is C14H19ClIN. The summed E-state index contributed by atoms with van der Waals surface area (Å²) < 4.78 is 1.23. The molecule has 0 spiro atoms. The first-order chi connectivity index (χ1) is 8.15. The van der Waals surface area contributed by atoms with Gasteiger partial charge in [-0.15, -0.1) is 0 Å². The van der Waals surface area contributed by atoms with Crippen LogP contribution in [0.5, 0.6) is 0 Å². The van der Waals surface area contributed by atoms with Crippen molar-refractivity contribution in [1.29, 1.82) is 0 Å². The third-order valence-corrected chi connectivity index (χ3v) is 4.56. The van der Waals surface area contributed by atoms with E-state index in [4.69, 9.17) is 11.6 Å². The summed E-state index contributed by atoms with van der Waals surface area (Å²) in [6, 6.07) is 6.13. The summed E-state index contributed by atoms with van der Waals surface area (Å²) in [6.45, 7) is 3.43. The predicted octanol–water partition coefficient (Wildman–Crippen LogP) is 5.18. The van der Waals surface area contributed by atoms with E-state index in [1.165, 1.54) is 29.3 Å². The summed E-state index contributed by atoms with van der Waals surface area (Å²) in [5.74, 6) is 1.70. The van der Waals surface area contributed by atoms with Gasteiger partial charge >= 0.3 is 0 Å². The molecule has 1 aliphatic rings. The topological polar surface area (TPSA) is 12.0 Å². The second kappa shape index (κ2) is 6.28. The van der Waals surface area contributed by atoms with E-state index in [0.717, 1.165) is 29.1 Å². The first-order valence-electron chi connectivity index (χ1n) is 6.34. The minimum Gasteiger partial charge on any atom is -0.384 e. The second-order valence-corrected chi connectivity index (χ2v) is 6.80. The molecular weight excluding hydrogens is 345 g/mol. The molecule has 0 saturated heterocycles. The van der Waals surface area contributed by atoms with Crippen molar-refractivity contribution in [3.8, 4) is 0 Å². The lowest BCUT2D eigenvalue weighted by molar-refractivity contribution is 0.293. The van der Waals surface area contributed by atoms with E-state index in [1.807, 2.05) is 12.1 Å². The predicted molar refractivity (Wildman–Crippen MR) is 83.8 cm³/mol. The van der Waals surface area contributed by atoms with Crippen molar-refractivity contribution in [3.05, 3.63) is 26.8 Å². The Kier molecular flexibility index (Phi) is 4.97. The fourth-order valence-corrected chi connectivity index (χ4v) is 3.31. The van der Waals surface area contributed by atoms with Gasteiger partial charge in [-0.1, -0.05) is 31.4 Å². The molecule has 3 heteroatoms. The minimum absolute atomic E-state index is 0.813. The van der Waals surface area contributed by atoms with Crippen LogP contribution in [0.4, 0.5) is 5.69 Å². The third-order valence-electron chi connectivity index (χ3n) is 3.55. The zero-order valence-electron chi connectivity index (χ0n) is 10.2. The second-order valence-electron chi connectivity index (χ2n) is 5.14. The Labute approximate surface area is 122 Å². The molecule has 2 atom stereocenters. The first-order valence-corrected chi connectivity index (χ1v) is 7.79. The number of rotatable bonds is 3. The molecule has 0 bridgehead atoms. The van der Waals surface area contributed by atoms with Crippen LogP contribution < -0.4 is 5.32 Å². The van der Waals surface area contributed by atoms with Crippen LogP contribution >= 0.6 is 34.2 Å². The molecule has 1 aromatic carbocycles. The van der Waals surface area contributed by atoms with Gasteiger partial charge in [-0.25, -0.2) is 0 Å². The van der Waals surface area contributed by atoms with Gasteiger partial charge in [-0.3, -0.25) is 0 Å². The SMILES string of the molecule is CC1CCCC(CNc2cc(I)ccc2Cl)C1. The van der Waals surface area contributed by atoms with Crippen LogP contribution in [0, 0.1) is 15.4 Å². The maximum absolute atomic E-state index is 6.18. The van der Waals surface area contributed by atoms with Gasteiger partial charge < -0.3 is 5.32 Å². The Bertz CT molecular complexity index is 380. The van der Waals surface area contributed by atoms with Gasteiger partial charge in [0, 0.05) is 10.1 Å². The van der Waals surface area contributed by atoms with Gasteiger partial charge in [0.15, 0.2) is 0 Å². The number of nitrogens with one attached hydrogen (secondary N) is 1. The van der Waals surface area contributed by atoms with E-state index < -0.39 is 0 Å². The molecule has 0 amide bonds. The number of halogens is 2. The molecule has 1 N–H and O–H groups in total. The molecule has 1 aromatic rings. The first kappa shape index (κ1) is 13.5. The van der Waals surface area contributed by atoms with Crippen LogP contribution in [0.25, 0.3) is 0 Å². The van der Waals surface area contributed by atoms with Gasteiger partial charge in [0.1, 0.15) is 0 Å². The van der Waals surface area contributed by atoms with Crippen molar-refractivity contribution in [3.63, 3.8) is 0 Å². The van der Waals surface area contributed by atoms with E-state index in [-0.39, 0.29) is 0 Å². The van der Waals surface area contributed by atoms with Gasteiger partial charge in [0.25, 0.3) is 0 Å². The average molecular weight is 364 g/mol. The molecule has 1 nitrogen and oxygen atoms in total. The summed E-state index contributed by atoms with van der Waals surface area (Å²) in [4.78, 5) is 0.